The SMILES string of the molecule is CCOc1ccc(NC(=O)C(=O)NCc2cccc(CN)c2)cc1OCC. The summed E-state index contributed by atoms with van der Waals surface area (Å²) in [5, 5.41) is 5.16. The van der Waals surface area contributed by atoms with E-state index >= 15 is 0 Å². The molecular formula is C20H25N3O4. The lowest BCUT2D eigenvalue weighted by Crippen LogP contribution is -2.35. The van der Waals surface area contributed by atoms with E-state index in [2.05, 4.69) is 10.6 Å². The van der Waals surface area contributed by atoms with Crippen molar-refractivity contribution in [2.45, 2.75) is 26.9 Å². The Morgan fingerprint density at radius 3 is 2.33 bits per heavy atom. The van der Waals surface area contributed by atoms with E-state index in [0.29, 0.717) is 36.9 Å². The molecule has 2 rings (SSSR count). The van der Waals surface area contributed by atoms with Gasteiger partial charge in [-0.05, 0) is 37.1 Å². The van der Waals surface area contributed by atoms with Crippen LogP contribution in [0.2, 0.25) is 0 Å². The van der Waals surface area contributed by atoms with E-state index in [1.54, 1.807) is 18.2 Å². The summed E-state index contributed by atoms with van der Waals surface area (Å²) in [7, 11) is 0. The average Bonchev–Trinajstić information content (AvgIpc) is 2.68. The molecule has 7 heteroatoms. The van der Waals surface area contributed by atoms with Crippen LogP contribution in [-0.2, 0) is 22.7 Å². The van der Waals surface area contributed by atoms with Crippen molar-refractivity contribution in [1.82, 2.24) is 5.32 Å². The highest BCUT2D eigenvalue weighted by atomic mass is 16.5. The number of hydrogen-bond acceptors (Lipinski definition) is 5. The highest BCUT2D eigenvalue weighted by Crippen LogP contribution is 2.30. The van der Waals surface area contributed by atoms with Crippen LogP contribution in [0.4, 0.5) is 5.69 Å². The second-order valence-corrected chi connectivity index (χ2v) is 5.69. The van der Waals surface area contributed by atoms with Gasteiger partial charge in [0.15, 0.2) is 11.5 Å². The Kier molecular flexibility index (Phi) is 7.63. The van der Waals surface area contributed by atoms with Gasteiger partial charge in [-0.15, -0.1) is 0 Å². The molecule has 0 bridgehead atoms. The lowest BCUT2D eigenvalue weighted by molar-refractivity contribution is -0.136. The van der Waals surface area contributed by atoms with Gasteiger partial charge < -0.3 is 25.8 Å². The molecule has 0 radical (unpaired) electrons. The van der Waals surface area contributed by atoms with Gasteiger partial charge in [0.2, 0.25) is 0 Å². The summed E-state index contributed by atoms with van der Waals surface area (Å²) < 4.78 is 11.0. The van der Waals surface area contributed by atoms with Crippen molar-refractivity contribution < 1.29 is 19.1 Å². The second-order valence-electron chi connectivity index (χ2n) is 5.69. The fraction of sp³-hybridized carbons (Fsp3) is 0.300. The zero-order chi connectivity index (χ0) is 19.6. The molecule has 0 aliphatic heterocycles. The van der Waals surface area contributed by atoms with Crippen LogP contribution in [0.1, 0.15) is 25.0 Å². The first-order valence-corrected chi connectivity index (χ1v) is 8.84. The molecule has 0 unspecified atom stereocenters. The maximum atomic E-state index is 12.1. The first-order valence-electron chi connectivity index (χ1n) is 8.84. The van der Waals surface area contributed by atoms with Gasteiger partial charge in [-0.1, -0.05) is 24.3 Å². The standard InChI is InChI=1S/C20H25N3O4/c1-3-26-17-9-8-16(11-18(17)27-4-2)23-20(25)19(24)22-13-15-7-5-6-14(10-15)12-21/h5-11H,3-4,12-13,21H2,1-2H3,(H,22,24)(H,23,25). The zero-order valence-electron chi connectivity index (χ0n) is 15.6. The predicted molar refractivity (Wildman–Crippen MR) is 104 cm³/mol. The zero-order valence-corrected chi connectivity index (χ0v) is 15.6. The van der Waals surface area contributed by atoms with Crippen molar-refractivity contribution in [1.29, 1.82) is 0 Å². The number of nitrogens with one attached hydrogen (secondary N) is 2. The molecular weight excluding hydrogens is 346 g/mol. The summed E-state index contributed by atoms with van der Waals surface area (Å²) in [6, 6.07) is 12.5. The van der Waals surface area contributed by atoms with Crippen molar-refractivity contribution in [3.8, 4) is 11.5 Å². The Morgan fingerprint density at radius 2 is 1.63 bits per heavy atom. The third kappa shape index (κ3) is 6.00. The number of anilines is 1. The first kappa shape index (κ1) is 20.3. The quantitative estimate of drug-likeness (QED) is 0.617. The van der Waals surface area contributed by atoms with E-state index in [4.69, 9.17) is 15.2 Å². The molecule has 7 nitrogen and oxygen atoms in total. The molecule has 0 fully saturated rings. The number of benzene rings is 2. The van der Waals surface area contributed by atoms with Crippen molar-refractivity contribution in [3.05, 3.63) is 53.6 Å². The van der Waals surface area contributed by atoms with Gasteiger partial charge in [-0.2, -0.15) is 0 Å². The number of carbonyl (C=O) groups is 2. The Bertz CT molecular complexity index is 793. The van der Waals surface area contributed by atoms with Gasteiger partial charge in [0.1, 0.15) is 0 Å². The van der Waals surface area contributed by atoms with Crippen molar-refractivity contribution >= 4 is 17.5 Å². The van der Waals surface area contributed by atoms with Crippen LogP contribution >= 0.6 is 0 Å². The normalized spacial score (nSPS) is 10.2. The predicted octanol–water partition coefficient (Wildman–Crippen LogP) is 2.20. The van der Waals surface area contributed by atoms with Crippen molar-refractivity contribution in [2.24, 2.45) is 5.73 Å². The summed E-state index contributed by atoms with van der Waals surface area (Å²) >= 11 is 0. The third-order valence-corrected chi connectivity index (χ3v) is 3.69. The molecule has 0 aliphatic rings. The molecule has 0 spiro atoms. The molecule has 0 heterocycles. The van der Waals surface area contributed by atoms with E-state index in [-0.39, 0.29) is 6.54 Å². The highest BCUT2D eigenvalue weighted by molar-refractivity contribution is 6.39. The fourth-order valence-corrected chi connectivity index (χ4v) is 2.45. The van der Waals surface area contributed by atoms with Gasteiger partial charge in [0, 0.05) is 24.8 Å². The Hall–Kier alpha value is -3.06. The molecule has 0 aromatic heterocycles. The minimum Gasteiger partial charge on any atom is -0.490 e. The Balaban J connectivity index is 1.96. The molecule has 0 atom stereocenters. The van der Waals surface area contributed by atoms with E-state index in [0.717, 1.165) is 11.1 Å². The number of nitrogens with two attached hydrogens (primary N) is 1. The minimum absolute atomic E-state index is 0.244. The number of ether oxygens (including phenoxy) is 2. The second kappa shape index (κ2) is 10.2. The summed E-state index contributed by atoms with van der Waals surface area (Å²) in [5.41, 5.74) is 7.89. The summed E-state index contributed by atoms with van der Waals surface area (Å²) in [6.07, 6.45) is 0. The van der Waals surface area contributed by atoms with Crippen molar-refractivity contribution in [2.75, 3.05) is 18.5 Å². The molecule has 0 saturated heterocycles. The topological polar surface area (TPSA) is 103 Å². The van der Waals surface area contributed by atoms with Crippen LogP contribution in [0.25, 0.3) is 0 Å². The van der Waals surface area contributed by atoms with Gasteiger partial charge in [0.05, 0.1) is 13.2 Å². The van der Waals surface area contributed by atoms with Crippen molar-refractivity contribution in [3.63, 3.8) is 0 Å². The van der Waals surface area contributed by atoms with Crippen LogP contribution in [0.15, 0.2) is 42.5 Å². The highest BCUT2D eigenvalue weighted by Gasteiger charge is 2.15. The molecule has 2 amide bonds. The fourth-order valence-electron chi connectivity index (χ4n) is 2.45. The lowest BCUT2D eigenvalue weighted by Gasteiger charge is -2.13. The van der Waals surface area contributed by atoms with Gasteiger partial charge in [0.25, 0.3) is 0 Å². The Morgan fingerprint density at radius 1 is 0.926 bits per heavy atom. The molecule has 2 aromatic rings. The van der Waals surface area contributed by atoms with E-state index in [9.17, 15) is 9.59 Å². The van der Waals surface area contributed by atoms with Crippen LogP contribution in [0.3, 0.4) is 0 Å². The molecule has 0 saturated carbocycles. The maximum absolute atomic E-state index is 12.1. The van der Waals surface area contributed by atoms with E-state index in [1.165, 1.54) is 0 Å². The van der Waals surface area contributed by atoms with Crippen LogP contribution in [0, 0.1) is 0 Å². The van der Waals surface area contributed by atoms with Crippen LogP contribution < -0.4 is 25.8 Å². The monoisotopic (exact) mass is 371 g/mol. The average molecular weight is 371 g/mol. The summed E-state index contributed by atoms with van der Waals surface area (Å²) in [5.74, 6) is -0.380. The van der Waals surface area contributed by atoms with Gasteiger partial charge in [-0.3, -0.25) is 9.59 Å². The molecule has 0 aliphatic carbocycles. The van der Waals surface area contributed by atoms with E-state index < -0.39 is 11.8 Å². The molecule has 4 N–H and O–H groups in total. The number of carbonyl (C=O) groups excluding carboxylic acids is 2. The van der Waals surface area contributed by atoms with Crippen LogP contribution in [0.5, 0.6) is 11.5 Å². The minimum atomic E-state index is -0.753. The number of amides is 2. The van der Waals surface area contributed by atoms with Gasteiger partial charge in [-0.25, -0.2) is 0 Å². The summed E-state index contributed by atoms with van der Waals surface area (Å²) in [6.45, 7) is 5.35. The first-order chi connectivity index (χ1) is 13.1. The van der Waals surface area contributed by atoms with Crippen LogP contribution in [-0.4, -0.2) is 25.0 Å². The maximum Gasteiger partial charge on any atom is 0.313 e. The number of rotatable bonds is 8. The Labute approximate surface area is 158 Å². The molecule has 27 heavy (non-hydrogen) atoms. The molecule has 2 aromatic carbocycles. The largest absolute Gasteiger partial charge is 0.490 e. The smallest absolute Gasteiger partial charge is 0.313 e. The lowest BCUT2D eigenvalue weighted by atomic mass is 10.1. The third-order valence-electron chi connectivity index (χ3n) is 3.69. The number of hydrogen-bond donors (Lipinski definition) is 3. The molecule has 144 valence electrons. The van der Waals surface area contributed by atoms with Gasteiger partial charge >= 0.3 is 11.8 Å². The summed E-state index contributed by atoms with van der Waals surface area (Å²) in [4.78, 5) is 24.2. The van der Waals surface area contributed by atoms with E-state index in [1.807, 2.05) is 38.1 Å².